The van der Waals surface area contributed by atoms with Crippen LogP contribution in [0.15, 0.2) is 35.6 Å². The number of pyridine rings is 1. The maximum absolute atomic E-state index is 12.7. The van der Waals surface area contributed by atoms with E-state index in [0.717, 1.165) is 5.56 Å². The van der Waals surface area contributed by atoms with Gasteiger partial charge >= 0.3 is 6.18 Å². The van der Waals surface area contributed by atoms with Crippen LogP contribution in [-0.4, -0.2) is 36.2 Å². The summed E-state index contributed by atoms with van der Waals surface area (Å²) in [6.45, 7) is 1.86. The largest absolute Gasteiger partial charge is 0.484 e. The second kappa shape index (κ2) is 6.84. The average molecular weight is 399 g/mol. The van der Waals surface area contributed by atoms with Crippen LogP contribution >= 0.6 is 0 Å². The summed E-state index contributed by atoms with van der Waals surface area (Å²) >= 11 is 0. The molecule has 6 nitrogen and oxygen atoms in total. The van der Waals surface area contributed by atoms with E-state index in [4.69, 9.17) is 4.74 Å². The number of alkyl halides is 3. The number of sulfone groups is 1. The number of H-pyrrole nitrogens is 1. The van der Waals surface area contributed by atoms with Crippen molar-refractivity contribution >= 4 is 20.9 Å². The smallest absolute Gasteiger partial charge is 0.422 e. The molecule has 0 bridgehead atoms. The molecule has 2 heterocycles. The SMILES string of the molecule is Cc1ccc2[nH]c(S(=O)(=O)Cc3nccc(OCC(F)(F)F)c3C)nc2c1. The Morgan fingerprint density at radius 1 is 1.19 bits per heavy atom. The second-order valence-corrected chi connectivity index (χ2v) is 8.01. The third-order valence-electron chi connectivity index (χ3n) is 3.89. The Balaban J connectivity index is 1.88. The monoisotopic (exact) mass is 399 g/mol. The van der Waals surface area contributed by atoms with Crippen LogP contribution in [0.5, 0.6) is 5.75 Å². The second-order valence-electron chi connectivity index (χ2n) is 6.11. The average Bonchev–Trinajstić information content (AvgIpc) is 2.99. The first-order valence-corrected chi connectivity index (χ1v) is 9.53. The summed E-state index contributed by atoms with van der Waals surface area (Å²) in [7, 11) is -3.88. The Bertz CT molecular complexity index is 1090. The van der Waals surface area contributed by atoms with E-state index >= 15 is 0 Å². The highest BCUT2D eigenvalue weighted by Crippen LogP contribution is 2.26. The van der Waals surface area contributed by atoms with Gasteiger partial charge in [-0.3, -0.25) is 4.98 Å². The Morgan fingerprint density at radius 3 is 2.63 bits per heavy atom. The number of nitrogens with one attached hydrogen (secondary N) is 1. The number of fused-ring (bicyclic) bond motifs is 1. The maximum atomic E-state index is 12.7. The highest BCUT2D eigenvalue weighted by Gasteiger charge is 2.29. The molecule has 0 fully saturated rings. The minimum Gasteiger partial charge on any atom is -0.484 e. The fraction of sp³-hybridized carbons (Fsp3) is 0.294. The summed E-state index contributed by atoms with van der Waals surface area (Å²) in [5.41, 5.74) is 2.36. The van der Waals surface area contributed by atoms with Crippen LogP contribution in [0.25, 0.3) is 11.0 Å². The van der Waals surface area contributed by atoms with Crippen molar-refractivity contribution in [2.75, 3.05) is 6.61 Å². The topological polar surface area (TPSA) is 84.9 Å². The molecule has 0 aliphatic rings. The van der Waals surface area contributed by atoms with E-state index in [1.165, 1.54) is 19.2 Å². The molecule has 0 unspecified atom stereocenters. The minimum absolute atomic E-state index is 0.0623. The van der Waals surface area contributed by atoms with Crippen molar-refractivity contribution in [1.82, 2.24) is 15.0 Å². The van der Waals surface area contributed by atoms with Crippen LogP contribution in [0.1, 0.15) is 16.8 Å². The molecule has 0 saturated heterocycles. The van der Waals surface area contributed by atoms with Gasteiger partial charge in [-0.2, -0.15) is 13.2 Å². The number of ether oxygens (including phenoxy) is 1. The first-order chi connectivity index (χ1) is 12.5. The Labute approximate surface area is 153 Å². The molecule has 144 valence electrons. The lowest BCUT2D eigenvalue weighted by molar-refractivity contribution is -0.153. The van der Waals surface area contributed by atoms with E-state index < -0.39 is 28.4 Å². The lowest BCUT2D eigenvalue weighted by Crippen LogP contribution is -2.20. The van der Waals surface area contributed by atoms with E-state index in [2.05, 4.69) is 15.0 Å². The molecule has 0 amide bonds. The van der Waals surface area contributed by atoms with E-state index in [1.54, 1.807) is 12.1 Å². The summed E-state index contributed by atoms with van der Waals surface area (Å²) in [4.78, 5) is 10.8. The van der Waals surface area contributed by atoms with Crippen molar-refractivity contribution in [3.05, 3.63) is 47.3 Å². The van der Waals surface area contributed by atoms with Crippen LogP contribution in [0.3, 0.4) is 0 Å². The van der Waals surface area contributed by atoms with Gasteiger partial charge in [0.1, 0.15) is 11.5 Å². The molecule has 10 heteroatoms. The molecule has 3 rings (SSSR count). The minimum atomic E-state index is -4.49. The van der Waals surface area contributed by atoms with Gasteiger partial charge in [0.2, 0.25) is 15.0 Å². The predicted molar refractivity (Wildman–Crippen MR) is 92.2 cm³/mol. The molecule has 0 aliphatic heterocycles. The molecular weight excluding hydrogens is 383 g/mol. The predicted octanol–water partition coefficient (Wildman–Crippen LogP) is 3.49. The summed E-state index contributed by atoms with van der Waals surface area (Å²) in [6, 6.07) is 6.57. The van der Waals surface area contributed by atoms with Crippen LogP contribution in [0, 0.1) is 13.8 Å². The lowest BCUT2D eigenvalue weighted by Gasteiger charge is -2.13. The van der Waals surface area contributed by atoms with Crippen molar-refractivity contribution in [2.24, 2.45) is 0 Å². The molecule has 27 heavy (non-hydrogen) atoms. The van der Waals surface area contributed by atoms with Gasteiger partial charge in [-0.25, -0.2) is 13.4 Å². The van der Waals surface area contributed by atoms with Gasteiger partial charge in [-0.05, 0) is 37.6 Å². The zero-order valence-electron chi connectivity index (χ0n) is 14.5. The number of rotatable bonds is 5. The number of aromatic amines is 1. The van der Waals surface area contributed by atoms with E-state index in [-0.39, 0.29) is 22.2 Å². The zero-order chi connectivity index (χ0) is 19.8. The third-order valence-corrected chi connectivity index (χ3v) is 5.32. The Hall–Kier alpha value is -2.62. The molecule has 0 spiro atoms. The highest BCUT2D eigenvalue weighted by molar-refractivity contribution is 7.90. The summed E-state index contributed by atoms with van der Waals surface area (Å²) in [6.07, 6.45) is -3.28. The quantitative estimate of drug-likeness (QED) is 0.710. The standard InChI is InChI=1S/C17H16F3N3O3S/c1-10-3-4-12-13(7-10)23-16(22-12)27(24,25)8-14-11(2)15(5-6-21-14)26-9-17(18,19)20/h3-7H,8-9H2,1-2H3,(H,22,23). The van der Waals surface area contributed by atoms with E-state index in [1.807, 2.05) is 13.0 Å². The maximum Gasteiger partial charge on any atom is 0.422 e. The summed E-state index contributed by atoms with van der Waals surface area (Å²) < 4.78 is 67.1. The molecule has 1 aromatic carbocycles. The van der Waals surface area contributed by atoms with Crippen molar-refractivity contribution in [2.45, 2.75) is 30.9 Å². The molecular formula is C17H16F3N3O3S. The molecule has 0 saturated carbocycles. The van der Waals surface area contributed by atoms with Crippen LogP contribution in [-0.2, 0) is 15.6 Å². The number of hydrogen-bond acceptors (Lipinski definition) is 5. The zero-order valence-corrected chi connectivity index (χ0v) is 15.3. The molecule has 0 radical (unpaired) electrons. The number of hydrogen-bond donors (Lipinski definition) is 1. The van der Waals surface area contributed by atoms with Gasteiger partial charge in [0.25, 0.3) is 0 Å². The number of aryl methyl sites for hydroxylation is 1. The fourth-order valence-corrected chi connectivity index (χ4v) is 3.80. The van der Waals surface area contributed by atoms with Gasteiger partial charge in [-0.15, -0.1) is 0 Å². The first kappa shape index (κ1) is 19.2. The summed E-state index contributed by atoms with van der Waals surface area (Å²) in [5, 5.41) is -0.217. The van der Waals surface area contributed by atoms with Gasteiger partial charge < -0.3 is 9.72 Å². The van der Waals surface area contributed by atoms with Crippen molar-refractivity contribution in [3.8, 4) is 5.75 Å². The molecule has 2 aromatic heterocycles. The number of halogens is 3. The molecule has 0 atom stereocenters. The van der Waals surface area contributed by atoms with Crippen LogP contribution in [0.4, 0.5) is 13.2 Å². The van der Waals surface area contributed by atoms with Gasteiger partial charge in [0.05, 0.1) is 16.7 Å². The Kier molecular flexibility index (Phi) is 4.85. The molecule has 0 aliphatic carbocycles. The summed E-state index contributed by atoms with van der Waals surface area (Å²) in [5.74, 6) is -0.575. The highest BCUT2D eigenvalue weighted by atomic mass is 32.2. The van der Waals surface area contributed by atoms with E-state index in [9.17, 15) is 21.6 Å². The van der Waals surface area contributed by atoms with Crippen molar-refractivity contribution in [1.29, 1.82) is 0 Å². The van der Waals surface area contributed by atoms with Gasteiger partial charge in [0.15, 0.2) is 6.61 Å². The van der Waals surface area contributed by atoms with E-state index in [0.29, 0.717) is 11.0 Å². The number of nitrogens with zero attached hydrogens (tertiary/aromatic N) is 2. The lowest BCUT2D eigenvalue weighted by atomic mass is 10.2. The number of imidazole rings is 1. The van der Waals surface area contributed by atoms with Crippen molar-refractivity contribution < 1.29 is 26.3 Å². The Morgan fingerprint density at radius 2 is 1.93 bits per heavy atom. The number of benzene rings is 1. The van der Waals surface area contributed by atoms with Crippen LogP contribution in [0.2, 0.25) is 0 Å². The fourth-order valence-electron chi connectivity index (χ4n) is 2.51. The molecule has 1 N–H and O–H groups in total. The van der Waals surface area contributed by atoms with Crippen molar-refractivity contribution in [3.63, 3.8) is 0 Å². The third kappa shape index (κ3) is 4.38. The molecule has 3 aromatic rings. The van der Waals surface area contributed by atoms with Gasteiger partial charge in [0, 0.05) is 11.8 Å². The first-order valence-electron chi connectivity index (χ1n) is 7.88. The van der Waals surface area contributed by atoms with Gasteiger partial charge in [-0.1, -0.05) is 6.07 Å². The number of aromatic nitrogens is 3. The van der Waals surface area contributed by atoms with Crippen LogP contribution < -0.4 is 4.74 Å². The normalized spacial score (nSPS) is 12.5.